The van der Waals surface area contributed by atoms with E-state index in [2.05, 4.69) is 179 Å². The first-order chi connectivity index (χ1) is 28.2. The number of aromatic nitrogens is 4. The number of allylic oxidation sites excluding steroid dienone is 8. The van der Waals surface area contributed by atoms with Gasteiger partial charge >= 0.3 is 0 Å². The van der Waals surface area contributed by atoms with Gasteiger partial charge in [-0.05, 0) is 88.0 Å². The van der Waals surface area contributed by atoms with Gasteiger partial charge in [0.25, 0.3) is 0 Å². The van der Waals surface area contributed by atoms with Gasteiger partial charge in [-0.2, -0.15) is 0 Å². The number of nitrogens with zero attached hydrogens (tertiary/aromatic N) is 5. The van der Waals surface area contributed by atoms with Crippen molar-refractivity contribution in [1.29, 1.82) is 0 Å². The van der Waals surface area contributed by atoms with E-state index in [4.69, 9.17) is 9.97 Å². The van der Waals surface area contributed by atoms with Crippen LogP contribution in [-0.4, -0.2) is 19.5 Å². The van der Waals surface area contributed by atoms with Crippen molar-refractivity contribution in [3.8, 4) is 16.8 Å². The van der Waals surface area contributed by atoms with Gasteiger partial charge in [0.05, 0.1) is 28.0 Å². The molecule has 0 bridgehead atoms. The lowest BCUT2D eigenvalue weighted by Gasteiger charge is -2.37. The number of para-hydroxylation sites is 1. The largest absolute Gasteiger partial charge is 0.309 e. The molecule has 0 fully saturated rings. The van der Waals surface area contributed by atoms with Crippen molar-refractivity contribution < 1.29 is 0 Å². The van der Waals surface area contributed by atoms with Crippen molar-refractivity contribution in [2.75, 3.05) is 4.90 Å². The molecule has 3 aliphatic carbocycles. The minimum absolute atomic E-state index is 0.177. The molecule has 268 valence electrons. The van der Waals surface area contributed by atoms with Crippen LogP contribution < -0.4 is 4.90 Å². The van der Waals surface area contributed by atoms with Crippen LogP contribution in [0.1, 0.15) is 33.9 Å². The average Bonchev–Trinajstić information content (AvgIpc) is 3.87. The third-order valence-corrected chi connectivity index (χ3v) is 12.6. The quantitative estimate of drug-likeness (QED) is 0.182. The van der Waals surface area contributed by atoms with Crippen LogP contribution in [0.15, 0.2) is 201 Å². The van der Waals surface area contributed by atoms with Gasteiger partial charge in [-0.15, -0.1) is 0 Å². The molecule has 3 atom stereocenters. The molecule has 57 heavy (non-hydrogen) atoms. The van der Waals surface area contributed by atoms with E-state index in [1.807, 2.05) is 30.9 Å². The Morgan fingerprint density at radius 1 is 0.614 bits per heavy atom. The highest BCUT2D eigenvalue weighted by Gasteiger charge is 2.59. The molecule has 5 heterocycles. The Kier molecular flexibility index (Phi) is 6.76. The van der Waals surface area contributed by atoms with Crippen LogP contribution in [0.3, 0.4) is 0 Å². The van der Waals surface area contributed by atoms with Crippen molar-refractivity contribution in [2.45, 2.75) is 11.3 Å². The molecule has 1 spiro atoms. The monoisotopic (exact) mass is 729 g/mol. The molecule has 0 saturated heterocycles. The van der Waals surface area contributed by atoms with Gasteiger partial charge in [0.1, 0.15) is 5.65 Å². The number of rotatable bonds is 3. The van der Waals surface area contributed by atoms with Crippen molar-refractivity contribution in [3.63, 3.8) is 0 Å². The molecule has 1 aliphatic heterocycles. The Hall–Kier alpha value is -7.37. The lowest BCUT2D eigenvalue weighted by atomic mass is 9.65. The van der Waals surface area contributed by atoms with Gasteiger partial charge in [0.2, 0.25) is 0 Å². The highest BCUT2D eigenvalue weighted by atomic mass is 15.2. The average molecular weight is 730 g/mol. The molecule has 3 unspecified atom stereocenters. The predicted octanol–water partition coefficient (Wildman–Crippen LogP) is 11.9. The van der Waals surface area contributed by atoms with E-state index in [1.54, 1.807) is 0 Å². The lowest BCUT2D eigenvalue weighted by Crippen LogP contribution is -2.34. The number of hydrogen-bond acceptors (Lipinski definition) is 4. The Bertz CT molecular complexity index is 3050. The highest BCUT2D eigenvalue weighted by molar-refractivity contribution is 6.07. The molecule has 0 N–H and O–H groups in total. The van der Waals surface area contributed by atoms with E-state index in [9.17, 15) is 0 Å². The second-order valence-electron chi connectivity index (χ2n) is 15.3. The van der Waals surface area contributed by atoms with Crippen molar-refractivity contribution in [2.24, 2.45) is 5.92 Å². The maximum absolute atomic E-state index is 5.24. The van der Waals surface area contributed by atoms with Gasteiger partial charge < -0.3 is 4.90 Å². The van der Waals surface area contributed by atoms with Crippen LogP contribution in [0.4, 0.5) is 11.4 Å². The summed E-state index contributed by atoms with van der Waals surface area (Å²) < 4.78 is 2.22. The SMILES string of the molecule is C=C1C=CC2=C(c3ccccc3C23c2ncccc2C2C=CC=CC23)N(c2ccc(-c3ccc(-n4c5ccncc5c5cccnc54)cc3)cc2)c2ccccc21. The van der Waals surface area contributed by atoms with Crippen LogP contribution in [0.5, 0.6) is 0 Å². The molecule has 4 aromatic heterocycles. The smallest absolute Gasteiger partial charge is 0.145 e. The summed E-state index contributed by atoms with van der Waals surface area (Å²) in [6.45, 7) is 4.62. The van der Waals surface area contributed by atoms with Gasteiger partial charge in [-0.25, -0.2) is 4.98 Å². The van der Waals surface area contributed by atoms with E-state index < -0.39 is 5.41 Å². The first-order valence-electron chi connectivity index (χ1n) is 19.5. The summed E-state index contributed by atoms with van der Waals surface area (Å²) in [5, 5.41) is 2.19. The number of benzene rings is 4. The zero-order valence-corrected chi connectivity index (χ0v) is 31.0. The van der Waals surface area contributed by atoms with Gasteiger partial charge in [0, 0.05) is 69.9 Å². The fourth-order valence-corrected chi connectivity index (χ4v) is 10.2. The first-order valence-corrected chi connectivity index (χ1v) is 19.5. The third kappa shape index (κ3) is 4.37. The minimum atomic E-state index is -0.472. The number of fused-ring (bicyclic) bond motifs is 13. The Morgan fingerprint density at radius 2 is 1.35 bits per heavy atom. The summed E-state index contributed by atoms with van der Waals surface area (Å²) in [4.78, 5) is 16.9. The van der Waals surface area contributed by atoms with Crippen LogP contribution in [0.25, 0.3) is 50.0 Å². The molecule has 0 saturated carbocycles. The second kappa shape index (κ2) is 12.1. The molecule has 5 heteroatoms. The number of pyridine rings is 3. The Morgan fingerprint density at radius 3 is 2.21 bits per heavy atom. The van der Waals surface area contributed by atoms with Gasteiger partial charge in [-0.1, -0.05) is 116 Å². The molecular weight excluding hydrogens is 695 g/mol. The molecule has 0 amide bonds. The normalized spacial score (nSPS) is 20.1. The fraction of sp³-hybridized carbons (Fsp3) is 0.0577. The summed E-state index contributed by atoms with van der Waals surface area (Å²) in [5.41, 5.74) is 16.6. The molecule has 8 aromatic rings. The zero-order valence-electron chi connectivity index (χ0n) is 31.0. The number of anilines is 2. The van der Waals surface area contributed by atoms with E-state index in [0.29, 0.717) is 0 Å². The molecule has 12 rings (SSSR count). The van der Waals surface area contributed by atoms with Crippen LogP contribution in [0.2, 0.25) is 0 Å². The van der Waals surface area contributed by atoms with E-state index in [0.717, 1.165) is 67.0 Å². The van der Waals surface area contributed by atoms with E-state index in [-0.39, 0.29) is 11.8 Å². The summed E-state index contributed by atoms with van der Waals surface area (Å²) in [6, 6.07) is 46.0. The standard InChI is InChI=1S/C52H35N5/c1-33-18-27-46-49(42-12-3-6-16-45(42)52(46)44-15-5-2-11-39(44)40-13-8-29-54-50(40)52)56(47-17-7-4-10-38(33)47)36-23-19-34(20-24-36)35-21-25-37(26-22-35)57-48-28-31-53-32-43(48)41-14-9-30-55-51(41)57/h2-32,39,44H,1H2. The number of hydrogen-bond donors (Lipinski definition) is 0. The minimum Gasteiger partial charge on any atom is -0.309 e. The molecule has 4 aliphatic rings. The van der Waals surface area contributed by atoms with Crippen LogP contribution in [0, 0.1) is 5.92 Å². The topological polar surface area (TPSA) is 46.8 Å². The third-order valence-electron chi connectivity index (χ3n) is 12.6. The molecule has 5 nitrogen and oxygen atoms in total. The van der Waals surface area contributed by atoms with Gasteiger partial charge in [0.15, 0.2) is 0 Å². The summed E-state index contributed by atoms with van der Waals surface area (Å²) in [7, 11) is 0. The van der Waals surface area contributed by atoms with Crippen LogP contribution in [-0.2, 0) is 5.41 Å². The van der Waals surface area contributed by atoms with E-state index >= 15 is 0 Å². The highest BCUT2D eigenvalue weighted by Crippen LogP contribution is 2.65. The second-order valence-corrected chi connectivity index (χ2v) is 15.3. The maximum Gasteiger partial charge on any atom is 0.145 e. The lowest BCUT2D eigenvalue weighted by molar-refractivity contribution is 0.456. The summed E-state index contributed by atoms with van der Waals surface area (Å²) in [6.07, 6.45) is 21.3. The van der Waals surface area contributed by atoms with Crippen molar-refractivity contribution >= 4 is 44.6 Å². The summed E-state index contributed by atoms with van der Waals surface area (Å²) in [5.74, 6) is 0.408. The Balaban J connectivity index is 1.02. The fourth-order valence-electron chi connectivity index (χ4n) is 10.2. The molecule has 0 radical (unpaired) electrons. The van der Waals surface area contributed by atoms with Crippen LogP contribution >= 0.6 is 0 Å². The van der Waals surface area contributed by atoms with E-state index in [1.165, 1.54) is 28.0 Å². The maximum atomic E-state index is 5.24. The van der Waals surface area contributed by atoms with Crippen molar-refractivity contribution in [1.82, 2.24) is 19.5 Å². The first kappa shape index (κ1) is 31.9. The summed E-state index contributed by atoms with van der Waals surface area (Å²) >= 11 is 0. The Labute approximate surface area is 330 Å². The molecular formula is C52H35N5. The predicted molar refractivity (Wildman–Crippen MR) is 231 cm³/mol. The van der Waals surface area contributed by atoms with Crippen molar-refractivity contribution in [3.05, 3.63) is 229 Å². The molecule has 4 aromatic carbocycles. The van der Waals surface area contributed by atoms with Gasteiger partial charge in [-0.3, -0.25) is 14.5 Å². The zero-order chi connectivity index (χ0) is 37.7.